The highest BCUT2D eigenvalue weighted by molar-refractivity contribution is 6.35. The molecular weight excluding hydrogens is 394 g/mol. The van der Waals surface area contributed by atoms with Gasteiger partial charge in [-0.15, -0.1) is 0 Å². The smallest absolute Gasteiger partial charge is 0.136 e. The molecule has 4 heteroatoms. The van der Waals surface area contributed by atoms with Crippen LogP contribution in [0, 0.1) is 5.92 Å². The van der Waals surface area contributed by atoms with Gasteiger partial charge in [0, 0.05) is 33.1 Å². The van der Waals surface area contributed by atoms with E-state index in [2.05, 4.69) is 51.2 Å². The van der Waals surface area contributed by atoms with E-state index in [0.29, 0.717) is 5.02 Å². The molecule has 2 heterocycles. The molecule has 0 fully saturated rings. The van der Waals surface area contributed by atoms with Crippen LogP contribution in [-0.4, -0.2) is 10.6 Å². The van der Waals surface area contributed by atoms with Crippen LogP contribution in [0.2, 0.25) is 5.02 Å². The molecule has 1 aliphatic carbocycles. The van der Waals surface area contributed by atoms with Gasteiger partial charge in [0.25, 0.3) is 0 Å². The summed E-state index contributed by atoms with van der Waals surface area (Å²) in [5, 5.41) is 16.7. The fourth-order valence-electron chi connectivity index (χ4n) is 5.41. The van der Waals surface area contributed by atoms with E-state index in [1.807, 2.05) is 6.07 Å². The van der Waals surface area contributed by atoms with E-state index in [1.165, 1.54) is 22.8 Å². The molecule has 156 valence electrons. The number of hydrogen-bond donors (Lipinski definition) is 2. The summed E-state index contributed by atoms with van der Waals surface area (Å²) in [7, 11) is 0. The van der Waals surface area contributed by atoms with Gasteiger partial charge in [0.15, 0.2) is 0 Å². The largest absolute Gasteiger partial charge is 0.506 e. The van der Waals surface area contributed by atoms with Crippen LogP contribution in [-0.2, 0) is 0 Å². The van der Waals surface area contributed by atoms with E-state index >= 15 is 0 Å². The lowest BCUT2D eigenvalue weighted by Gasteiger charge is -2.35. The molecule has 0 radical (unpaired) electrons. The summed E-state index contributed by atoms with van der Waals surface area (Å²) in [5.74, 6) is 2.06. The van der Waals surface area contributed by atoms with Gasteiger partial charge in [-0.2, -0.15) is 0 Å². The first kappa shape index (κ1) is 19.6. The van der Waals surface area contributed by atoms with Gasteiger partial charge < -0.3 is 15.2 Å². The van der Waals surface area contributed by atoms with Crippen LogP contribution in [0.25, 0.3) is 22.5 Å². The van der Waals surface area contributed by atoms with Crippen molar-refractivity contribution in [1.29, 1.82) is 0 Å². The van der Waals surface area contributed by atoms with E-state index in [0.717, 1.165) is 52.8 Å². The minimum Gasteiger partial charge on any atom is -0.506 e. The van der Waals surface area contributed by atoms with Crippen LogP contribution in [0.5, 0.6) is 11.5 Å². The number of phenolic OH excluding ortho intramolecular Hbond substituents is 1. The first-order valence-corrected chi connectivity index (χ1v) is 11.1. The van der Waals surface area contributed by atoms with Gasteiger partial charge in [-0.3, -0.25) is 0 Å². The van der Waals surface area contributed by atoms with Crippen LogP contribution in [0.3, 0.4) is 0 Å². The lowest BCUT2D eigenvalue weighted by molar-refractivity contribution is 0.431. The highest BCUT2D eigenvalue weighted by Gasteiger charge is 2.31. The van der Waals surface area contributed by atoms with Crippen LogP contribution in [0.1, 0.15) is 53.4 Å². The first-order valence-electron chi connectivity index (χ1n) is 10.8. The molecule has 5 rings (SSSR count). The Hall–Kier alpha value is -2.39. The van der Waals surface area contributed by atoms with Gasteiger partial charge in [0.1, 0.15) is 17.3 Å². The van der Waals surface area contributed by atoms with Crippen molar-refractivity contribution in [3.63, 3.8) is 0 Å². The Morgan fingerprint density at radius 2 is 1.93 bits per heavy atom. The third kappa shape index (κ3) is 3.02. The number of nitrogens with one attached hydrogen (secondary N) is 1. The standard InChI is InChI=1S/C26H28ClNO2/c1-14-6-5-7-16(12-14)25-23-17(22-20(30-25)11-10-19(29)24(22)27)8-9-18-21(23)15(2)13-26(3,4)28-18/h8-12,16,28-29H,5-7,13H2,1-4H3. The Morgan fingerprint density at radius 1 is 1.13 bits per heavy atom. The summed E-state index contributed by atoms with van der Waals surface area (Å²) in [4.78, 5) is 0. The van der Waals surface area contributed by atoms with Crippen molar-refractivity contribution in [2.75, 3.05) is 5.32 Å². The predicted molar refractivity (Wildman–Crippen MR) is 124 cm³/mol. The number of hydrogen-bond acceptors (Lipinski definition) is 3. The molecule has 30 heavy (non-hydrogen) atoms. The molecule has 0 spiro atoms. The van der Waals surface area contributed by atoms with Gasteiger partial charge >= 0.3 is 0 Å². The summed E-state index contributed by atoms with van der Waals surface area (Å²) in [6.07, 6.45) is 6.73. The Kier molecular flexibility index (Phi) is 4.44. The zero-order valence-corrected chi connectivity index (χ0v) is 18.8. The Bertz CT molecular complexity index is 1220. The number of anilines is 1. The average molecular weight is 422 g/mol. The third-order valence-electron chi connectivity index (χ3n) is 6.54. The molecule has 3 aliphatic rings. The summed E-state index contributed by atoms with van der Waals surface area (Å²) >= 11 is 6.59. The molecule has 0 saturated heterocycles. The predicted octanol–water partition coefficient (Wildman–Crippen LogP) is 5.72. The van der Waals surface area contributed by atoms with E-state index in [4.69, 9.17) is 16.3 Å². The van der Waals surface area contributed by atoms with E-state index in [-0.39, 0.29) is 17.2 Å². The molecule has 0 amide bonds. The monoisotopic (exact) mass is 421 g/mol. The van der Waals surface area contributed by atoms with Crippen molar-refractivity contribution < 1.29 is 9.84 Å². The second-order valence-electron chi connectivity index (χ2n) is 9.63. The van der Waals surface area contributed by atoms with E-state index in [1.54, 1.807) is 6.07 Å². The van der Waals surface area contributed by atoms with Gasteiger partial charge in [0.2, 0.25) is 0 Å². The summed E-state index contributed by atoms with van der Waals surface area (Å²) in [6.45, 7) is 8.90. The number of halogens is 1. The van der Waals surface area contributed by atoms with Crippen LogP contribution < -0.4 is 20.5 Å². The van der Waals surface area contributed by atoms with Crippen LogP contribution >= 0.6 is 11.6 Å². The molecule has 0 bridgehead atoms. The zero-order valence-electron chi connectivity index (χ0n) is 18.0. The normalized spacial score (nSPS) is 21.6. The average Bonchev–Trinajstić information content (AvgIpc) is 2.68. The number of ether oxygens (including phenoxy) is 1. The summed E-state index contributed by atoms with van der Waals surface area (Å²) in [5.41, 5.74) is 5.75. The second kappa shape index (κ2) is 6.81. The number of rotatable bonds is 1. The van der Waals surface area contributed by atoms with Crippen LogP contribution in [0.4, 0.5) is 5.69 Å². The molecule has 2 aromatic carbocycles. The number of allylic oxidation sites excluding steroid dienone is 1. The van der Waals surface area contributed by atoms with Gasteiger partial charge in [-0.1, -0.05) is 34.9 Å². The van der Waals surface area contributed by atoms with Crippen molar-refractivity contribution in [1.82, 2.24) is 0 Å². The highest BCUT2D eigenvalue weighted by atomic mass is 35.5. The molecule has 2 aromatic rings. The van der Waals surface area contributed by atoms with E-state index < -0.39 is 0 Å². The fourth-order valence-corrected chi connectivity index (χ4v) is 5.66. The Morgan fingerprint density at radius 3 is 2.70 bits per heavy atom. The Balaban J connectivity index is 1.91. The molecule has 2 aliphatic heterocycles. The highest BCUT2D eigenvalue weighted by Crippen LogP contribution is 2.45. The minimum absolute atomic E-state index is 0.0101. The molecule has 1 unspecified atom stereocenters. The van der Waals surface area contributed by atoms with Crippen molar-refractivity contribution in [2.45, 2.75) is 58.9 Å². The summed E-state index contributed by atoms with van der Waals surface area (Å²) < 4.78 is 6.58. The number of aromatic hydroxyl groups is 1. The maximum atomic E-state index is 10.3. The molecule has 0 saturated carbocycles. The molecule has 3 nitrogen and oxygen atoms in total. The molecule has 2 N–H and O–H groups in total. The number of phenols is 1. The summed E-state index contributed by atoms with van der Waals surface area (Å²) in [6, 6.07) is 7.72. The second-order valence-corrected chi connectivity index (χ2v) is 10.0. The molecule has 0 aromatic heterocycles. The van der Waals surface area contributed by atoms with E-state index in [9.17, 15) is 5.11 Å². The van der Waals surface area contributed by atoms with Gasteiger partial charge in [-0.05, 0) is 77.1 Å². The zero-order chi connectivity index (χ0) is 21.2. The molecular formula is C26H28ClNO2. The topological polar surface area (TPSA) is 41.5 Å². The lowest BCUT2D eigenvalue weighted by Crippen LogP contribution is -2.46. The Labute approximate surface area is 182 Å². The number of fused-ring (bicyclic) bond motifs is 5. The maximum absolute atomic E-state index is 10.3. The SMILES string of the molecule is CC1=CC(C2=c3c(ccc4c3=C(C)CC(C)(C)N4)-c3c(ccc(O)c3Cl)O2)CCC1. The first-order chi connectivity index (χ1) is 14.2. The third-order valence-corrected chi connectivity index (χ3v) is 6.92. The fraction of sp³-hybridized carbons (Fsp3) is 0.385. The van der Waals surface area contributed by atoms with Crippen molar-refractivity contribution in [3.8, 4) is 22.6 Å². The van der Waals surface area contributed by atoms with Crippen LogP contribution in [0.15, 0.2) is 35.9 Å². The minimum atomic E-state index is 0.0101. The maximum Gasteiger partial charge on any atom is 0.136 e. The quantitative estimate of drug-likeness (QED) is 0.578. The van der Waals surface area contributed by atoms with Crippen molar-refractivity contribution >= 4 is 28.6 Å². The van der Waals surface area contributed by atoms with Gasteiger partial charge in [0.05, 0.1) is 5.02 Å². The van der Waals surface area contributed by atoms with Crippen molar-refractivity contribution in [3.05, 3.63) is 51.4 Å². The van der Waals surface area contributed by atoms with Crippen molar-refractivity contribution in [2.24, 2.45) is 5.92 Å². The van der Waals surface area contributed by atoms with Gasteiger partial charge in [-0.25, -0.2) is 0 Å². The number of benzene rings is 2. The lowest BCUT2D eigenvalue weighted by atomic mass is 9.83. The molecule has 1 atom stereocenters.